The molecule has 0 spiro atoms. The van der Waals surface area contributed by atoms with Gasteiger partial charge in [-0.25, -0.2) is 0 Å². The van der Waals surface area contributed by atoms with Gasteiger partial charge in [-0.05, 0) is 12.5 Å². The maximum absolute atomic E-state index is 11.6. The second kappa shape index (κ2) is 5.63. The second-order valence-corrected chi connectivity index (χ2v) is 3.69. The number of benzene rings is 1. The van der Waals surface area contributed by atoms with Gasteiger partial charge in [-0.1, -0.05) is 29.8 Å². The quantitative estimate of drug-likeness (QED) is 0.786. The molecule has 1 atom stereocenters. The van der Waals surface area contributed by atoms with Crippen LogP contribution in [-0.4, -0.2) is 25.5 Å². The Morgan fingerprint density at radius 1 is 1.40 bits per heavy atom. The number of methoxy groups -OCH3 is 1. The van der Waals surface area contributed by atoms with E-state index >= 15 is 0 Å². The summed E-state index contributed by atoms with van der Waals surface area (Å²) >= 11 is 0. The maximum atomic E-state index is 11.6. The van der Waals surface area contributed by atoms with Crippen LogP contribution < -0.4 is 5.73 Å². The number of carbonyl (C=O) groups excluding carboxylic acids is 1. The van der Waals surface area contributed by atoms with Crippen LogP contribution in [0.15, 0.2) is 24.3 Å². The Balaban J connectivity index is 2.54. The highest BCUT2D eigenvalue weighted by atomic mass is 16.5. The smallest absolute Gasteiger partial charge is 0.156 e. The normalized spacial score (nSPS) is 12.5. The lowest BCUT2D eigenvalue weighted by atomic mass is 10.0. The predicted molar refractivity (Wildman–Crippen MR) is 59.7 cm³/mol. The summed E-state index contributed by atoms with van der Waals surface area (Å²) in [5, 5.41) is 0. The van der Waals surface area contributed by atoms with Gasteiger partial charge < -0.3 is 10.5 Å². The summed E-state index contributed by atoms with van der Waals surface area (Å²) in [6.07, 6.45) is 0.380. The number of aryl methyl sites for hydroxylation is 1. The number of carbonyl (C=O) groups is 1. The van der Waals surface area contributed by atoms with Gasteiger partial charge in [0.2, 0.25) is 0 Å². The second-order valence-electron chi connectivity index (χ2n) is 3.69. The zero-order valence-electron chi connectivity index (χ0n) is 9.19. The standard InChI is InChI=1S/C12H17NO2/c1-9-3-5-10(6-4-9)7-12(14)11(13)8-15-2/h3-6,11H,7-8,13H2,1-2H3. The van der Waals surface area contributed by atoms with E-state index < -0.39 is 6.04 Å². The van der Waals surface area contributed by atoms with Gasteiger partial charge in [0.05, 0.1) is 12.6 Å². The van der Waals surface area contributed by atoms with Crippen molar-refractivity contribution in [2.24, 2.45) is 5.73 Å². The van der Waals surface area contributed by atoms with Crippen LogP contribution in [0.3, 0.4) is 0 Å². The molecule has 0 radical (unpaired) electrons. The van der Waals surface area contributed by atoms with Crippen molar-refractivity contribution < 1.29 is 9.53 Å². The zero-order chi connectivity index (χ0) is 11.3. The summed E-state index contributed by atoms with van der Waals surface area (Å²) in [5.41, 5.74) is 7.82. The van der Waals surface area contributed by atoms with E-state index in [1.54, 1.807) is 7.11 Å². The fourth-order valence-corrected chi connectivity index (χ4v) is 1.31. The van der Waals surface area contributed by atoms with Crippen molar-refractivity contribution in [2.45, 2.75) is 19.4 Å². The fraction of sp³-hybridized carbons (Fsp3) is 0.417. The number of hydrogen-bond acceptors (Lipinski definition) is 3. The van der Waals surface area contributed by atoms with Crippen LogP contribution in [0.1, 0.15) is 11.1 Å². The van der Waals surface area contributed by atoms with E-state index in [1.807, 2.05) is 31.2 Å². The van der Waals surface area contributed by atoms with E-state index in [2.05, 4.69) is 0 Å². The topological polar surface area (TPSA) is 52.3 Å². The third kappa shape index (κ3) is 3.81. The van der Waals surface area contributed by atoms with Crippen molar-refractivity contribution in [3.63, 3.8) is 0 Å². The SMILES string of the molecule is COCC(N)C(=O)Cc1ccc(C)cc1. The van der Waals surface area contributed by atoms with Crippen LogP contribution in [0.2, 0.25) is 0 Å². The lowest BCUT2D eigenvalue weighted by molar-refractivity contribution is -0.120. The summed E-state index contributed by atoms with van der Waals surface area (Å²) in [6.45, 7) is 2.30. The number of ether oxygens (including phenoxy) is 1. The van der Waals surface area contributed by atoms with Gasteiger partial charge in [0.1, 0.15) is 0 Å². The number of hydrogen-bond donors (Lipinski definition) is 1. The molecule has 1 rings (SSSR count). The monoisotopic (exact) mass is 207 g/mol. The summed E-state index contributed by atoms with van der Waals surface area (Å²) in [5.74, 6) is 0.0145. The first-order chi connectivity index (χ1) is 7.13. The minimum atomic E-state index is -0.517. The zero-order valence-corrected chi connectivity index (χ0v) is 9.19. The van der Waals surface area contributed by atoms with E-state index in [0.717, 1.165) is 5.56 Å². The van der Waals surface area contributed by atoms with E-state index in [1.165, 1.54) is 5.56 Å². The Morgan fingerprint density at radius 3 is 2.53 bits per heavy atom. The highest BCUT2D eigenvalue weighted by Crippen LogP contribution is 2.05. The largest absolute Gasteiger partial charge is 0.383 e. The van der Waals surface area contributed by atoms with E-state index in [9.17, 15) is 4.79 Å². The molecular formula is C12H17NO2. The van der Waals surface area contributed by atoms with Gasteiger partial charge in [-0.2, -0.15) is 0 Å². The van der Waals surface area contributed by atoms with E-state index in [0.29, 0.717) is 6.42 Å². The molecule has 0 saturated heterocycles. The third-order valence-corrected chi connectivity index (χ3v) is 2.26. The maximum Gasteiger partial charge on any atom is 0.156 e. The van der Waals surface area contributed by atoms with Crippen LogP contribution >= 0.6 is 0 Å². The summed E-state index contributed by atoms with van der Waals surface area (Å²) in [6, 6.07) is 7.37. The first-order valence-electron chi connectivity index (χ1n) is 4.96. The Kier molecular flexibility index (Phi) is 4.46. The lowest BCUT2D eigenvalue weighted by Gasteiger charge is -2.09. The Morgan fingerprint density at radius 2 is 2.00 bits per heavy atom. The first kappa shape index (κ1) is 11.9. The molecule has 0 aliphatic heterocycles. The molecule has 0 bridgehead atoms. The Bertz CT molecular complexity index is 319. The highest BCUT2D eigenvalue weighted by Gasteiger charge is 2.13. The summed E-state index contributed by atoms with van der Waals surface area (Å²) < 4.78 is 4.84. The molecule has 3 heteroatoms. The van der Waals surface area contributed by atoms with E-state index in [-0.39, 0.29) is 12.4 Å². The van der Waals surface area contributed by atoms with Crippen molar-refractivity contribution in [3.8, 4) is 0 Å². The molecule has 0 fully saturated rings. The number of Topliss-reactive ketones (excluding diaryl/α,β-unsaturated/α-hetero) is 1. The summed E-state index contributed by atoms with van der Waals surface area (Å²) in [4.78, 5) is 11.6. The van der Waals surface area contributed by atoms with Gasteiger partial charge in [0.15, 0.2) is 5.78 Å². The molecule has 0 saturated carbocycles. The Hall–Kier alpha value is -1.19. The van der Waals surface area contributed by atoms with Crippen molar-refractivity contribution in [1.82, 2.24) is 0 Å². The molecule has 0 aliphatic rings. The fourth-order valence-electron chi connectivity index (χ4n) is 1.31. The van der Waals surface area contributed by atoms with Crippen LogP contribution in [0.5, 0.6) is 0 Å². The van der Waals surface area contributed by atoms with E-state index in [4.69, 9.17) is 10.5 Å². The van der Waals surface area contributed by atoms with Gasteiger partial charge in [-0.15, -0.1) is 0 Å². The minimum absolute atomic E-state index is 0.0145. The average Bonchev–Trinajstić information content (AvgIpc) is 2.22. The van der Waals surface area contributed by atoms with Crippen LogP contribution in [0, 0.1) is 6.92 Å². The van der Waals surface area contributed by atoms with Crippen LogP contribution in [-0.2, 0) is 16.0 Å². The highest BCUT2D eigenvalue weighted by molar-refractivity contribution is 5.85. The molecule has 0 amide bonds. The van der Waals surface area contributed by atoms with Crippen molar-refractivity contribution >= 4 is 5.78 Å². The summed E-state index contributed by atoms with van der Waals surface area (Å²) in [7, 11) is 1.54. The Labute approximate surface area is 90.2 Å². The average molecular weight is 207 g/mol. The molecule has 1 aromatic rings. The molecule has 82 valence electrons. The number of ketones is 1. The molecule has 1 aromatic carbocycles. The van der Waals surface area contributed by atoms with Crippen LogP contribution in [0.4, 0.5) is 0 Å². The van der Waals surface area contributed by atoms with Gasteiger partial charge in [0.25, 0.3) is 0 Å². The number of rotatable bonds is 5. The minimum Gasteiger partial charge on any atom is -0.383 e. The molecule has 0 aromatic heterocycles. The van der Waals surface area contributed by atoms with Gasteiger partial charge in [0, 0.05) is 13.5 Å². The molecule has 1 unspecified atom stereocenters. The number of nitrogens with two attached hydrogens (primary N) is 1. The molecular weight excluding hydrogens is 190 g/mol. The first-order valence-corrected chi connectivity index (χ1v) is 4.96. The lowest BCUT2D eigenvalue weighted by Crippen LogP contribution is -2.35. The van der Waals surface area contributed by atoms with Crippen LogP contribution in [0.25, 0.3) is 0 Å². The molecule has 0 heterocycles. The predicted octanol–water partition coefficient (Wildman–Crippen LogP) is 1.08. The molecule has 3 nitrogen and oxygen atoms in total. The molecule has 0 aliphatic carbocycles. The molecule has 2 N–H and O–H groups in total. The van der Waals surface area contributed by atoms with Gasteiger partial charge in [-0.3, -0.25) is 4.79 Å². The third-order valence-electron chi connectivity index (χ3n) is 2.26. The van der Waals surface area contributed by atoms with Gasteiger partial charge >= 0.3 is 0 Å². The molecule has 15 heavy (non-hydrogen) atoms. The van der Waals surface area contributed by atoms with Crippen molar-refractivity contribution in [1.29, 1.82) is 0 Å². The van der Waals surface area contributed by atoms with Crippen molar-refractivity contribution in [3.05, 3.63) is 35.4 Å². The van der Waals surface area contributed by atoms with Crippen molar-refractivity contribution in [2.75, 3.05) is 13.7 Å².